The number of hydrogen-bond donors (Lipinski definition) is 5. The third kappa shape index (κ3) is 3.22. The molecule has 0 aliphatic rings. The molecule has 84 valence electrons. The Kier molecular flexibility index (Phi) is 5.63. The van der Waals surface area contributed by atoms with Crippen LogP contribution in [0, 0.1) is 5.92 Å². The Balaban J connectivity index is 4.44. The molecule has 6 nitrogen and oxygen atoms in total. The van der Waals surface area contributed by atoms with Gasteiger partial charge in [-0.2, -0.15) is 0 Å². The zero-order chi connectivity index (χ0) is 11.3. The van der Waals surface area contributed by atoms with Crippen LogP contribution in [0.4, 0.5) is 0 Å². The summed E-state index contributed by atoms with van der Waals surface area (Å²) in [6, 6.07) is 0. The van der Waals surface area contributed by atoms with Crippen molar-refractivity contribution in [3.63, 3.8) is 0 Å². The Morgan fingerprint density at radius 3 is 2.07 bits per heavy atom. The minimum Gasteiger partial charge on any atom is -0.479 e. The van der Waals surface area contributed by atoms with Gasteiger partial charge in [0, 0.05) is 5.92 Å². The molecule has 0 aliphatic heterocycles. The molecule has 0 rings (SSSR count). The molecule has 0 bridgehead atoms. The summed E-state index contributed by atoms with van der Waals surface area (Å²) in [6.45, 7) is 1.03. The summed E-state index contributed by atoms with van der Waals surface area (Å²) in [4.78, 5) is 10.3. The molecule has 14 heavy (non-hydrogen) atoms. The van der Waals surface area contributed by atoms with Crippen molar-refractivity contribution < 1.29 is 30.3 Å². The van der Waals surface area contributed by atoms with Crippen LogP contribution in [-0.4, -0.2) is 56.4 Å². The lowest BCUT2D eigenvalue weighted by Gasteiger charge is -2.26. The minimum atomic E-state index is -1.94. The van der Waals surface area contributed by atoms with Crippen molar-refractivity contribution in [3.8, 4) is 0 Å². The first-order valence-corrected chi connectivity index (χ1v) is 4.33. The average Bonchev–Trinajstić information content (AvgIpc) is 2.16. The summed E-state index contributed by atoms with van der Waals surface area (Å²) in [5.74, 6) is -2.41. The lowest BCUT2D eigenvalue weighted by atomic mass is 9.90. The largest absolute Gasteiger partial charge is 0.479 e. The molecule has 5 N–H and O–H groups in total. The highest BCUT2D eigenvalue weighted by molar-refractivity contribution is 5.72. The van der Waals surface area contributed by atoms with Crippen molar-refractivity contribution in [1.82, 2.24) is 0 Å². The van der Waals surface area contributed by atoms with E-state index >= 15 is 0 Å². The summed E-state index contributed by atoms with van der Waals surface area (Å²) in [6.07, 6.45) is -4.50. The first-order valence-electron chi connectivity index (χ1n) is 4.33. The molecule has 0 radical (unpaired) electrons. The van der Waals surface area contributed by atoms with Crippen LogP contribution in [0.15, 0.2) is 0 Å². The van der Waals surface area contributed by atoms with Gasteiger partial charge in [-0.3, -0.25) is 0 Å². The summed E-state index contributed by atoms with van der Waals surface area (Å²) >= 11 is 0. The van der Waals surface area contributed by atoms with Gasteiger partial charge < -0.3 is 25.5 Å². The van der Waals surface area contributed by atoms with Gasteiger partial charge in [0.25, 0.3) is 0 Å². The van der Waals surface area contributed by atoms with Gasteiger partial charge in [-0.05, 0) is 6.42 Å². The Labute approximate surface area is 81.4 Å². The van der Waals surface area contributed by atoms with Crippen LogP contribution < -0.4 is 0 Å². The van der Waals surface area contributed by atoms with Crippen LogP contribution in [0.5, 0.6) is 0 Å². The molecule has 4 atom stereocenters. The molecule has 0 aromatic rings. The highest BCUT2D eigenvalue weighted by Crippen LogP contribution is 2.16. The maximum Gasteiger partial charge on any atom is 0.335 e. The first-order chi connectivity index (χ1) is 6.45. The van der Waals surface area contributed by atoms with Crippen LogP contribution in [0.3, 0.4) is 0 Å². The summed E-state index contributed by atoms with van der Waals surface area (Å²) < 4.78 is 0. The predicted molar refractivity (Wildman–Crippen MR) is 46.5 cm³/mol. The molecule has 0 aromatic heterocycles. The maximum atomic E-state index is 10.3. The maximum absolute atomic E-state index is 10.3. The third-order valence-corrected chi connectivity index (χ3v) is 2.17. The number of carboxylic acids is 1. The molecule has 0 amide bonds. The number of aliphatic hydroxyl groups excluding tert-OH is 4. The number of hydrogen-bond acceptors (Lipinski definition) is 5. The van der Waals surface area contributed by atoms with E-state index in [4.69, 9.17) is 15.3 Å². The van der Waals surface area contributed by atoms with Gasteiger partial charge in [-0.1, -0.05) is 6.92 Å². The van der Waals surface area contributed by atoms with E-state index in [1.807, 2.05) is 0 Å². The van der Waals surface area contributed by atoms with Gasteiger partial charge in [-0.15, -0.1) is 0 Å². The van der Waals surface area contributed by atoms with Crippen molar-refractivity contribution >= 4 is 5.97 Å². The molecule has 0 spiro atoms. The van der Waals surface area contributed by atoms with Crippen LogP contribution in [-0.2, 0) is 4.79 Å². The molecule has 0 saturated heterocycles. The molecule has 0 fully saturated rings. The molecule has 0 aliphatic carbocycles. The summed E-state index contributed by atoms with van der Waals surface area (Å²) in [5, 5.41) is 44.6. The second-order valence-corrected chi connectivity index (χ2v) is 3.10. The van der Waals surface area contributed by atoms with E-state index in [0.29, 0.717) is 0 Å². The SMILES string of the molecule is CC[C@@H]([C@H](O)[C@@H](O)C(=O)O)[C@H](O)CO. The zero-order valence-corrected chi connectivity index (χ0v) is 7.87. The van der Waals surface area contributed by atoms with Crippen molar-refractivity contribution in [2.45, 2.75) is 31.7 Å². The fraction of sp³-hybridized carbons (Fsp3) is 0.875. The normalized spacial score (nSPS) is 19.8. The smallest absolute Gasteiger partial charge is 0.335 e. The quantitative estimate of drug-likeness (QED) is 0.350. The van der Waals surface area contributed by atoms with E-state index in [1.165, 1.54) is 0 Å². The molecule has 0 unspecified atom stereocenters. The number of rotatable bonds is 6. The van der Waals surface area contributed by atoms with Gasteiger partial charge in [0.15, 0.2) is 6.10 Å². The first kappa shape index (κ1) is 13.3. The molecular weight excluding hydrogens is 192 g/mol. The molecule has 6 heteroatoms. The van der Waals surface area contributed by atoms with Gasteiger partial charge in [0.1, 0.15) is 0 Å². The van der Waals surface area contributed by atoms with Gasteiger partial charge in [-0.25, -0.2) is 4.79 Å². The molecule has 0 aromatic carbocycles. The molecule has 0 heterocycles. The van der Waals surface area contributed by atoms with E-state index in [1.54, 1.807) is 6.92 Å². The van der Waals surface area contributed by atoms with Gasteiger partial charge >= 0.3 is 5.97 Å². The van der Waals surface area contributed by atoms with Crippen molar-refractivity contribution in [2.24, 2.45) is 5.92 Å². The molecule has 0 saturated carbocycles. The third-order valence-electron chi connectivity index (χ3n) is 2.17. The van der Waals surface area contributed by atoms with E-state index in [0.717, 1.165) is 0 Å². The van der Waals surface area contributed by atoms with Crippen molar-refractivity contribution in [1.29, 1.82) is 0 Å². The van der Waals surface area contributed by atoms with Crippen LogP contribution in [0.25, 0.3) is 0 Å². The predicted octanol–water partition coefficient (Wildman–Crippen LogP) is -1.83. The Morgan fingerprint density at radius 1 is 1.29 bits per heavy atom. The monoisotopic (exact) mass is 208 g/mol. The lowest BCUT2D eigenvalue weighted by Crippen LogP contribution is -2.44. The summed E-state index contributed by atoms with van der Waals surface area (Å²) in [5.41, 5.74) is 0. The standard InChI is InChI=1S/C8H16O6/c1-2-4(5(10)3-9)6(11)7(12)8(13)14/h4-7,9-12H,2-3H2,1H3,(H,13,14)/t4-,5-,6+,7-/m1/s1. The number of carbonyl (C=O) groups is 1. The second kappa shape index (κ2) is 5.92. The Morgan fingerprint density at radius 2 is 1.79 bits per heavy atom. The summed E-state index contributed by atoms with van der Waals surface area (Å²) in [7, 11) is 0. The fourth-order valence-electron chi connectivity index (χ4n) is 1.26. The number of aliphatic carboxylic acids is 1. The Hall–Kier alpha value is -0.690. The van der Waals surface area contributed by atoms with E-state index in [9.17, 15) is 15.0 Å². The second-order valence-electron chi connectivity index (χ2n) is 3.10. The Bertz CT molecular complexity index is 183. The van der Waals surface area contributed by atoms with E-state index in [2.05, 4.69) is 0 Å². The zero-order valence-electron chi connectivity index (χ0n) is 7.87. The van der Waals surface area contributed by atoms with Gasteiger partial charge in [0.2, 0.25) is 0 Å². The van der Waals surface area contributed by atoms with Crippen molar-refractivity contribution in [3.05, 3.63) is 0 Å². The molecular formula is C8H16O6. The van der Waals surface area contributed by atoms with E-state index in [-0.39, 0.29) is 6.42 Å². The number of aliphatic hydroxyl groups is 4. The highest BCUT2D eigenvalue weighted by Gasteiger charge is 2.33. The van der Waals surface area contributed by atoms with Gasteiger partial charge in [0.05, 0.1) is 18.8 Å². The topological polar surface area (TPSA) is 118 Å². The average molecular weight is 208 g/mol. The van der Waals surface area contributed by atoms with E-state index < -0.39 is 36.8 Å². The lowest BCUT2D eigenvalue weighted by molar-refractivity contribution is -0.158. The highest BCUT2D eigenvalue weighted by atomic mass is 16.4. The fourth-order valence-corrected chi connectivity index (χ4v) is 1.26. The van der Waals surface area contributed by atoms with Crippen molar-refractivity contribution in [2.75, 3.05) is 6.61 Å². The van der Waals surface area contributed by atoms with Crippen LogP contribution in [0.2, 0.25) is 0 Å². The number of carboxylic acid groups (broad SMARTS) is 1. The minimum absolute atomic E-state index is 0.257. The van der Waals surface area contributed by atoms with Crippen LogP contribution in [0.1, 0.15) is 13.3 Å². The van der Waals surface area contributed by atoms with Crippen LogP contribution >= 0.6 is 0 Å².